The fraction of sp³-hybridized carbons (Fsp3) is 0.167. The number of nitrogen functional groups attached to an aromatic ring is 1. The van der Waals surface area contributed by atoms with Crippen molar-refractivity contribution in [3.05, 3.63) is 57.6 Å². The molecule has 0 aliphatic rings. The summed E-state index contributed by atoms with van der Waals surface area (Å²) in [7, 11) is 0. The number of carbonyl (C=O) groups excluding carboxylic acids is 3. The number of ketones is 1. The van der Waals surface area contributed by atoms with Gasteiger partial charge in [-0.2, -0.15) is 0 Å². The van der Waals surface area contributed by atoms with Crippen molar-refractivity contribution in [1.82, 2.24) is 0 Å². The van der Waals surface area contributed by atoms with Gasteiger partial charge in [0.25, 0.3) is 0 Å². The van der Waals surface area contributed by atoms with Gasteiger partial charge in [-0.05, 0) is 36.4 Å². The minimum atomic E-state index is -0.799. The van der Waals surface area contributed by atoms with Crippen LogP contribution in [0.2, 0.25) is 10.0 Å². The number of halogens is 2. The van der Waals surface area contributed by atoms with Crippen LogP contribution in [0.25, 0.3) is 0 Å². The summed E-state index contributed by atoms with van der Waals surface area (Å²) in [5.41, 5.74) is 6.67. The lowest BCUT2D eigenvalue weighted by Crippen LogP contribution is -2.16. The van der Waals surface area contributed by atoms with Crippen molar-refractivity contribution in [3.63, 3.8) is 0 Å². The molecule has 0 aliphatic heterocycles. The van der Waals surface area contributed by atoms with Gasteiger partial charge in [-0.15, -0.1) is 0 Å². The van der Waals surface area contributed by atoms with Gasteiger partial charge in [-0.25, -0.2) is 4.79 Å². The SMILES string of the molecule is CCC(=O)Nc1ccc(C(=O)COC(=O)c2cc(Cl)cc(Cl)c2N)cc1. The number of esters is 1. The molecule has 0 spiro atoms. The van der Waals surface area contributed by atoms with E-state index in [9.17, 15) is 14.4 Å². The minimum Gasteiger partial charge on any atom is -0.454 e. The van der Waals surface area contributed by atoms with Gasteiger partial charge < -0.3 is 15.8 Å². The number of nitrogens with two attached hydrogens (primary N) is 1. The van der Waals surface area contributed by atoms with Crippen molar-refractivity contribution in [1.29, 1.82) is 0 Å². The third-order valence-corrected chi connectivity index (χ3v) is 3.99. The van der Waals surface area contributed by atoms with Crippen LogP contribution in [0.1, 0.15) is 34.1 Å². The molecule has 0 radical (unpaired) electrons. The van der Waals surface area contributed by atoms with Crippen LogP contribution >= 0.6 is 23.2 Å². The lowest BCUT2D eigenvalue weighted by Gasteiger charge is -2.09. The first-order chi connectivity index (χ1) is 12.3. The maximum absolute atomic E-state index is 12.1. The summed E-state index contributed by atoms with van der Waals surface area (Å²) in [6, 6.07) is 8.98. The molecule has 0 saturated carbocycles. The zero-order chi connectivity index (χ0) is 19.3. The lowest BCUT2D eigenvalue weighted by molar-refractivity contribution is -0.115. The summed E-state index contributed by atoms with van der Waals surface area (Å²) >= 11 is 11.7. The van der Waals surface area contributed by atoms with Crippen LogP contribution in [0.3, 0.4) is 0 Å². The van der Waals surface area contributed by atoms with E-state index in [0.717, 1.165) is 0 Å². The second kappa shape index (κ2) is 8.69. The van der Waals surface area contributed by atoms with Crippen molar-refractivity contribution in [2.45, 2.75) is 13.3 Å². The average molecular weight is 395 g/mol. The molecule has 2 aromatic carbocycles. The van der Waals surface area contributed by atoms with Gasteiger partial charge >= 0.3 is 5.97 Å². The Hall–Kier alpha value is -2.57. The maximum Gasteiger partial charge on any atom is 0.340 e. The quantitative estimate of drug-likeness (QED) is 0.438. The molecule has 6 nitrogen and oxygen atoms in total. The van der Waals surface area contributed by atoms with Crippen LogP contribution in [-0.2, 0) is 9.53 Å². The Morgan fingerprint density at radius 1 is 1.12 bits per heavy atom. The van der Waals surface area contributed by atoms with E-state index in [4.69, 9.17) is 33.7 Å². The minimum absolute atomic E-state index is 0.00655. The number of carbonyl (C=O) groups is 3. The molecule has 0 heterocycles. The van der Waals surface area contributed by atoms with Gasteiger partial charge in [0.15, 0.2) is 12.4 Å². The van der Waals surface area contributed by atoms with Crippen LogP contribution in [-0.4, -0.2) is 24.3 Å². The van der Waals surface area contributed by atoms with Gasteiger partial charge in [-0.3, -0.25) is 9.59 Å². The first kappa shape index (κ1) is 19.8. The number of Topliss-reactive ketones (excluding diaryl/α,β-unsaturated/α-hetero) is 1. The Morgan fingerprint density at radius 3 is 2.38 bits per heavy atom. The number of anilines is 2. The third-order valence-electron chi connectivity index (χ3n) is 3.46. The van der Waals surface area contributed by atoms with E-state index in [1.807, 2.05) is 0 Å². The summed E-state index contributed by atoms with van der Waals surface area (Å²) in [5, 5.41) is 3.03. The molecule has 0 aliphatic carbocycles. The van der Waals surface area contributed by atoms with E-state index in [-0.39, 0.29) is 27.2 Å². The van der Waals surface area contributed by atoms with E-state index < -0.39 is 18.4 Å². The van der Waals surface area contributed by atoms with Crippen LogP contribution in [0, 0.1) is 0 Å². The number of benzene rings is 2. The van der Waals surface area contributed by atoms with E-state index >= 15 is 0 Å². The topological polar surface area (TPSA) is 98.5 Å². The van der Waals surface area contributed by atoms with Gasteiger partial charge in [0, 0.05) is 22.7 Å². The monoisotopic (exact) mass is 394 g/mol. The Bertz CT molecular complexity index is 851. The van der Waals surface area contributed by atoms with E-state index in [0.29, 0.717) is 17.7 Å². The second-order valence-electron chi connectivity index (χ2n) is 5.33. The summed E-state index contributed by atoms with van der Waals surface area (Å²) in [6.07, 6.45) is 0.354. The van der Waals surface area contributed by atoms with Crippen molar-refractivity contribution in [3.8, 4) is 0 Å². The van der Waals surface area contributed by atoms with E-state index in [2.05, 4.69) is 5.32 Å². The molecule has 0 aromatic heterocycles. The third kappa shape index (κ3) is 4.97. The molecule has 26 heavy (non-hydrogen) atoms. The van der Waals surface area contributed by atoms with E-state index in [1.54, 1.807) is 19.1 Å². The van der Waals surface area contributed by atoms with Crippen molar-refractivity contribution in [2.24, 2.45) is 0 Å². The molecular weight excluding hydrogens is 379 g/mol. The molecule has 2 rings (SSSR count). The van der Waals surface area contributed by atoms with Gasteiger partial charge in [0.1, 0.15) is 0 Å². The lowest BCUT2D eigenvalue weighted by atomic mass is 10.1. The van der Waals surface area contributed by atoms with Crippen molar-refractivity contribution in [2.75, 3.05) is 17.7 Å². The zero-order valence-corrected chi connectivity index (χ0v) is 15.4. The highest BCUT2D eigenvalue weighted by molar-refractivity contribution is 6.37. The first-order valence-corrected chi connectivity index (χ1v) is 8.42. The zero-order valence-electron chi connectivity index (χ0n) is 13.8. The number of amides is 1. The van der Waals surface area contributed by atoms with Crippen LogP contribution < -0.4 is 11.1 Å². The normalized spacial score (nSPS) is 10.3. The largest absolute Gasteiger partial charge is 0.454 e. The molecule has 1 amide bonds. The molecule has 136 valence electrons. The molecule has 0 fully saturated rings. The van der Waals surface area contributed by atoms with Crippen molar-refractivity contribution >= 4 is 52.2 Å². The number of hydrogen-bond donors (Lipinski definition) is 2. The number of rotatable bonds is 6. The first-order valence-electron chi connectivity index (χ1n) is 7.66. The second-order valence-corrected chi connectivity index (χ2v) is 6.17. The molecule has 0 unspecified atom stereocenters. The predicted octanol–water partition coefficient (Wildman–Crippen LogP) is 3.96. The number of nitrogens with one attached hydrogen (secondary N) is 1. The standard InChI is InChI=1S/C18H16Cl2N2O4/c1-2-16(24)22-12-5-3-10(4-6-12)15(23)9-26-18(25)13-7-11(19)8-14(20)17(13)21/h3-8H,2,9,21H2,1H3,(H,22,24). The molecule has 0 saturated heterocycles. The van der Waals surface area contributed by atoms with E-state index in [1.165, 1.54) is 24.3 Å². The highest BCUT2D eigenvalue weighted by Crippen LogP contribution is 2.28. The van der Waals surface area contributed by atoms with Gasteiger partial charge in [0.05, 0.1) is 16.3 Å². The Balaban J connectivity index is 2.00. The summed E-state index contributed by atoms with van der Waals surface area (Å²) in [4.78, 5) is 35.6. The van der Waals surface area contributed by atoms with Crippen LogP contribution in [0.5, 0.6) is 0 Å². The number of ether oxygens (including phenoxy) is 1. The van der Waals surface area contributed by atoms with Crippen LogP contribution in [0.15, 0.2) is 36.4 Å². The summed E-state index contributed by atoms with van der Waals surface area (Å²) in [5.74, 6) is -1.33. The van der Waals surface area contributed by atoms with Gasteiger partial charge in [-0.1, -0.05) is 30.1 Å². The average Bonchev–Trinajstić information content (AvgIpc) is 2.62. The van der Waals surface area contributed by atoms with Crippen LogP contribution in [0.4, 0.5) is 11.4 Å². The summed E-state index contributed by atoms with van der Waals surface area (Å²) in [6.45, 7) is 1.27. The summed E-state index contributed by atoms with van der Waals surface area (Å²) < 4.78 is 4.99. The molecule has 0 bridgehead atoms. The molecule has 2 aromatic rings. The van der Waals surface area contributed by atoms with Gasteiger partial charge in [0.2, 0.25) is 5.91 Å². The predicted molar refractivity (Wildman–Crippen MR) is 101 cm³/mol. The maximum atomic E-state index is 12.1. The molecule has 8 heteroatoms. The smallest absolute Gasteiger partial charge is 0.340 e. The molecule has 0 atom stereocenters. The number of hydrogen-bond acceptors (Lipinski definition) is 5. The Kier molecular flexibility index (Phi) is 6.60. The Morgan fingerprint density at radius 2 is 1.77 bits per heavy atom. The highest BCUT2D eigenvalue weighted by atomic mass is 35.5. The fourth-order valence-electron chi connectivity index (χ4n) is 2.03. The fourth-order valence-corrected chi connectivity index (χ4v) is 2.53. The highest BCUT2D eigenvalue weighted by Gasteiger charge is 2.17. The molecular formula is C18H16Cl2N2O4. The Labute approximate surface area is 160 Å². The molecule has 3 N–H and O–H groups in total. The van der Waals surface area contributed by atoms with Crippen molar-refractivity contribution < 1.29 is 19.1 Å².